The molecule has 0 unspecified atom stereocenters. The van der Waals surface area contributed by atoms with Crippen molar-refractivity contribution in [2.45, 2.75) is 0 Å². The SMILES string of the molecule is c1ccc(-c2nc(-c3cccc4oc5ccccc5c34)nc(-c3cc4ccccc4c4oc5cc(-c6ccc7ccccc7c6)ccc5c34)n2)cc1. The minimum Gasteiger partial charge on any atom is -0.456 e. The van der Waals surface area contributed by atoms with Gasteiger partial charge in [-0.1, -0.05) is 127 Å². The van der Waals surface area contributed by atoms with Gasteiger partial charge in [0.15, 0.2) is 17.5 Å². The van der Waals surface area contributed by atoms with Crippen LogP contribution in [0, 0.1) is 0 Å². The van der Waals surface area contributed by atoms with E-state index in [1.54, 1.807) is 0 Å². The van der Waals surface area contributed by atoms with Crippen molar-refractivity contribution in [3.05, 3.63) is 164 Å². The molecule has 0 amide bonds. The van der Waals surface area contributed by atoms with Gasteiger partial charge in [0.2, 0.25) is 0 Å². The molecule has 0 fully saturated rings. The molecular formula is C47H27N3O2. The molecule has 5 heteroatoms. The fraction of sp³-hybridized carbons (Fsp3) is 0. The lowest BCUT2D eigenvalue weighted by atomic mass is 9.97. The number of hydrogen-bond donors (Lipinski definition) is 0. The van der Waals surface area contributed by atoms with Crippen LogP contribution in [0.4, 0.5) is 0 Å². The van der Waals surface area contributed by atoms with Crippen molar-refractivity contribution in [1.82, 2.24) is 15.0 Å². The maximum Gasteiger partial charge on any atom is 0.164 e. The van der Waals surface area contributed by atoms with Crippen LogP contribution < -0.4 is 0 Å². The molecule has 0 aliphatic heterocycles. The van der Waals surface area contributed by atoms with Gasteiger partial charge in [-0.2, -0.15) is 0 Å². The first-order valence-corrected chi connectivity index (χ1v) is 17.3. The highest BCUT2D eigenvalue weighted by Gasteiger charge is 2.22. The Bertz CT molecular complexity index is 3190. The third-order valence-electron chi connectivity index (χ3n) is 10.1. The second-order valence-corrected chi connectivity index (χ2v) is 13.2. The summed E-state index contributed by atoms with van der Waals surface area (Å²) in [5.74, 6) is 1.75. The van der Waals surface area contributed by atoms with Crippen LogP contribution in [0.1, 0.15) is 0 Å². The first kappa shape index (κ1) is 28.7. The standard InChI is InChI=1S/C47H27N3O2/c1-2-12-29(13-3-1)45-48-46(37-18-10-20-40-42(37)35-17-8-9-19-39(35)51-40)50-47(49-45)38-26-33-15-6-7-16-34(33)44-43(38)36-24-23-32(27-41(36)52-44)31-22-21-28-11-4-5-14-30(28)25-31/h1-27H. The average molecular weight is 666 g/mol. The van der Waals surface area contributed by atoms with Crippen molar-refractivity contribution in [3.8, 4) is 45.3 Å². The van der Waals surface area contributed by atoms with E-state index in [1.807, 2.05) is 60.7 Å². The van der Waals surface area contributed by atoms with Gasteiger partial charge >= 0.3 is 0 Å². The molecule has 3 heterocycles. The van der Waals surface area contributed by atoms with Crippen LogP contribution in [-0.4, -0.2) is 15.0 Å². The van der Waals surface area contributed by atoms with E-state index in [1.165, 1.54) is 10.8 Å². The number of para-hydroxylation sites is 1. The number of fused-ring (bicyclic) bond motifs is 9. The Morgan fingerprint density at radius 1 is 0.327 bits per heavy atom. The summed E-state index contributed by atoms with van der Waals surface area (Å²) in [5.41, 5.74) is 8.15. The first-order chi connectivity index (χ1) is 25.7. The van der Waals surface area contributed by atoms with Gasteiger partial charge in [0, 0.05) is 43.6 Å². The molecule has 3 aromatic heterocycles. The monoisotopic (exact) mass is 665 g/mol. The fourth-order valence-electron chi connectivity index (χ4n) is 7.63. The Morgan fingerprint density at radius 2 is 0.981 bits per heavy atom. The Morgan fingerprint density at radius 3 is 1.87 bits per heavy atom. The average Bonchev–Trinajstić information content (AvgIpc) is 3.79. The predicted molar refractivity (Wildman–Crippen MR) is 211 cm³/mol. The van der Waals surface area contributed by atoms with Gasteiger partial charge in [-0.3, -0.25) is 0 Å². The molecule has 0 saturated carbocycles. The molecule has 8 aromatic carbocycles. The van der Waals surface area contributed by atoms with Gasteiger partial charge in [0.1, 0.15) is 22.3 Å². The maximum absolute atomic E-state index is 6.82. The van der Waals surface area contributed by atoms with E-state index in [9.17, 15) is 0 Å². The molecule has 11 aromatic rings. The highest BCUT2D eigenvalue weighted by Crippen LogP contribution is 2.43. The van der Waals surface area contributed by atoms with E-state index >= 15 is 0 Å². The molecule has 52 heavy (non-hydrogen) atoms. The lowest BCUT2D eigenvalue weighted by molar-refractivity contribution is 0.669. The Balaban J connectivity index is 1.18. The van der Waals surface area contributed by atoms with E-state index in [0.29, 0.717) is 17.5 Å². The van der Waals surface area contributed by atoms with Crippen molar-refractivity contribution in [2.24, 2.45) is 0 Å². The van der Waals surface area contributed by atoms with Crippen molar-refractivity contribution >= 4 is 65.4 Å². The van der Waals surface area contributed by atoms with Gasteiger partial charge in [0.25, 0.3) is 0 Å². The second kappa shape index (κ2) is 11.2. The van der Waals surface area contributed by atoms with Crippen LogP contribution in [0.3, 0.4) is 0 Å². The molecular weight excluding hydrogens is 639 g/mol. The molecule has 0 aliphatic rings. The Labute approximate surface area is 297 Å². The molecule has 0 spiro atoms. The molecule has 0 radical (unpaired) electrons. The third-order valence-corrected chi connectivity index (χ3v) is 10.1. The van der Waals surface area contributed by atoms with Gasteiger partial charge < -0.3 is 8.83 Å². The van der Waals surface area contributed by atoms with Crippen molar-refractivity contribution < 1.29 is 8.83 Å². The van der Waals surface area contributed by atoms with Crippen molar-refractivity contribution in [3.63, 3.8) is 0 Å². The van der Waals surface area contributed by atoms with Gasteiger partial charge in [-0.05, 0) is 63.7 Å². The van der Waals surface area contributed by atoms with Crippen LogP contribution in [0.25, 0.3) is 111 Å². The largest absolute Gasteiger partial charge is 0.456 e. The molecule has 0 N–H and O–H groups in total. The highest BCUT2D eigenvalue weighted by molar-refractivity contribution is 6.21. The zero-order valence-corrected chi connectivity index (χ0v) is 27.7. The van der Waals surface area contributed by atoms with Crippen molar-refractivity contribution in [1.29, 1.82) is 0 Å². The summed E-state index contributed by atoms with van der Waals surface area (Å²) in [6.07, 6.45) is 0. The summed E-state index contributed by atoms with van der Waals surface area (Å²) in [7, 11) is 0. The summed E-state index contributed by atoms with van der Waals surface area (Å²) < 4.78 is 13.1. The summed E-state index contributed by atoms with van der Waals surface area (Å²) >= 11 is 0. The van der Waals surface area contributed by atoms with Gasteiger partial charge in [-0.25, -0.2) is 15.0 Å². The van der Waals surface area contributed by atoms with E-state index in [4.69, 9.17) is 23.8 Å². The zero-order chi connectivity index (χ0) is 34.2. The number of furan rings is 2. The van der Waals surface area contributed by atoms with Crippen LogP contribution in [0.15, 0.2) is 173 Å². The van der Waals surface area contributed by atoms with Gasteiger partial charge in [-0.15, -0.1) is 0 Å². The minimum atomic E-state index is 0.575. The molecule has 0 bridgehead atoms. The first-order valence-electron chi connectivity index (χ1n) is 17.3. The predicted octanol–water partition coefficient (Wildman–Crippen LogP) is 12.6. The van der Waals surface area contributed by atoms with Crippen molar-refractivity contribution in [2.75, 3.05) is 0 Å². The smallest absolute Gasteiger partial charge is 0.164 e. The quantitative estimate of drug-likeness (QED) is 0.187. The molecule has 0 aliphatic carbocycles. The molecule has 242 valence electrons. The second-order valence-electron chi connectivity index (χ2n) is 13.2. The summed E-state index contributed by atoms with van der Waals surface area (Å²) in [5, 5.41) is 8.49. The topological polar surface area (TPSA) is 65.0 Å². The number of benzene rings is 8. The van der Waals surface area contributed by atoms with E-state index in [0.717, 1.165) is 82.5 Å². The van der Waals surface area contributed by atoms with E-state index < -0.39 is 0 Å². The number of nitrogens with zero attached hydrogens (tertiary/aromatic N) is 3. The zero-order valence-electron chi connectivity index (χ0n) is 27.7. The number of rotatable bonds is 4. The number of hydrogen-bond acceptors (Lipinski definition) is 5. The Kier molecular flexibility index (Phi) is 6.18. The molecule has 0 saturated heterocycles. The van der Waals surface area contributed by atoms with E-state index in [-0.39, 0.29) is 0 Å². The highest BCUT2D eigenvalue weighted by atomic mass is 16.3. The van der Waals surface area contributed by atoms with Gasteiger partial charge in [0.05, 0.1) is 0 Å². The minimum absolute atomic E-state index is 0.575. The van der Waals surface area contributed by atoms with Crippen LogP contribution in [0.5, 0.6) is 0 Å². The molecule has 0 atom stereocenters. The van der Waals surface area contributed by atoms with E-state index in [2.05, 4.69) is 103 Å². The summed E-state index contributed by atoms with van der Waals surface area (Å²) in [6, 6.07) is 56.3. The fourth-order valence-corrected chi connectivity index (χ4v) is 7.63. The van der Waals surface area contributed by atoms with Crippen LogP contribution in [0.2, 0.25) is 0 Å². The van der Waals surface area contributed by atoms with Crippen LogP contribution in [-0.2, 0) is 0 Å². The maximum atomic E-state index is 6.82. The summed E-state index contributed by atoms with van der Waals surface area (Å²) in [4.78, 5) is 15.6. The number of aromatic nitrogens is 3. The third kappa shape index (κ3) is 4.46. The molecule has 5 nitrogen and oxygen atoms in total. The summed E-state index contributed by atoms with van der Waals surface area (Å²) in [6.45, 7) is 0. The Hall–Kier alpha value is -7.11. The van der Waals surface area contributed by atoms with Crippen LogP contribution >= 0.6 is 0 Å². The lowest BCUT2D eigenvalue weighted by Crippen LogP contribution is -2.01. The lowest BCUT2D eigenvalue weighted by Gasteiger charge is -2.11. The normalized spacial score (nSPS) is 11.8. The molecule has 11 rings (SSSR count).